The van der Waals surface area contributed by atoms with E-state index < -0.39 is 0 Å². The highest BCUT2D eigenvalue weighted by atomic mass is 16.5. The van der Waals surface area contributed by atoms with Crippen LogP contribution in [0.2, 0.25) is 0 Å². The third-order valence-electron chi connectivity index (χ3n) is 5.90. The van der Waals surface area contributed by atoms with Crippen LogP contribution in [0.3, 0.4) is 0 Å². The molecule has 1 fully saturated rings. The van der Waals surface area contributed by atoms with Gasteiger partial charge in [0.2, 0.25) is 0 Å². The van der Waals surface area contributed by atoms with Gasteiger partial charge in [0.25, 0.3) is 11.8 Å². The highest BCUT2D eigenvalue weighted by molar-refractivity contribution is 5.97. The third kappa shape index (κ3) is 5.22. The Hall–Kier alpha value is -3.68. The van der Waals surface area contributed by atoms with Crippen LogP contribution >= 0.6 is 0 Å². The van der Waals surface area contributed by atoms with Crippen LogP contribution in [0.1, 0.15) is 34.6 Å². The van der Waals surface area contributed by atoms with Crippen molar-refractivity contribution in [3.63, 3.8) is 0 Å². The Bertz CT molecular complexity index is 1170. The summed E-state index contributed by atoms with van der Waals surface area (Å²) in [4.78, 5) is 36.2. The Balaban J connectivity index is 1.29. The maximum absolute atomic E-state index is 13.0. The van der Waals surface area contributed by atoms with Crippen molar-refractivity contribution in [1.29, 1.82) is 0 Å². The SMILES string of the molecule is COc1ccccc1OCC(=O)NC1CCN(C(=O)c2ccc3nc(C)c(C)nc3c2)CC1. The summed E-state index contributed by atoms with van der Waals surface area (Å²) in [5.41, 5.74) is 3.86. The molecule has 2 amide bonds. The first kappa shape index (κ1) is 22.5. The van der Waals surface area contributed by atoms with Gasteiger partial charge in [0.05, 0.1) is 29.5 Å². The fourth-order valence-corrected chi connectivity index (χ4v) is 3.92. The van der Waals surface area contributed by atoms with E-state index in [9.17, 15) is 9.59 Å². The van der Waals surface area contributed by atoms with Crippen LogP contribution in [-0.4, -0.2) is 59.5 Å². The number of para-hydroxylation sites is 2. The minimum Gasteiger partial charge on any atom is -0.493 e. The summed E-state index contributed by atoms with van der Waals surface area (Å²) in [5.74, 6) is 0.897. The predicted octanol–water partition coefficient (Wildman–Crippen LogP) is 3.06. The average molecular weight is 449 g/mol. The molecule has 0 saturated carbocycles. The number of nitrogens with zero attached hydrogens (tertiary/aromatic N) is 3. The van der Waals surface area contributed by atoms with Gasteiger partial charge in [0, 0.05) is 24.7 Å². The molecule has 2 heterocycles. The summed E-state index contributed by atoms with van der Waals surface area (Å²) in [6, 6.07) is 12.7. The van der Waals surface area contributed by atoms with Gasteiger partial charge in [-0.2, -0.15) is 0 Å². The molecule has 0 bridgehead atoms. The number of aromatic nitrogens is 2. The lowest BCUT2D eigenvalue weighted by molar-refractivity contribution is -0.124. The Morgan fingerprint density at radius 2 is 1.67 bits per heavy atom. The maximum atomic E-state index is 13.0. The van der Waals surface area contributed by atoms with Crippen molar-refractivity contribution in [2.24, 2.45) is 0 Å². The predicted molar refractivity (Wildman–Crippen MR) is 125 cm³/mol. The van der Waals surface area contributed by atoms with E-state index in [4.69, 9.17) is 9.47 Å². The standard InChI is InChI=1S/C25H28N4O4/c1-16-17(2)27-21-14-18(8-9-20(21)26-16)25(31)29-12-10-19(11-13-29)28-24(30)15-33-23-7-5-4-6-22(23)32-3/h4-9,14,19H,10-13,15H2,1-3H3,(H,28,30). The lowest BCUT2D eigenvalue weighted by Gasteiger charge is -2.32. The van der Waals surface area contributed by atoms with Crippen molar-refractivity contribution < 1.29 is 19.1 Å². The van der Waals surface area contributed by atoms with Gasteiger partial charge in [-0.3, -0.25) is 9.59 Å². The highest BCUT2D eigenvalue weighted by Gasteiger charge is 2.25. The number of rotatable bonds is 6. The van der Waals surface area contributed by atoms with Crippen LogP contribution < -0.4 is 14.8 Å². The quantitative estimate of drug-likeness (QED) is 0.623. The van der Waals surface area contributed by atoms with Crippen LogP contribution in [-0.2, 0) is 4.79 Å². The molecule has 8 heteroatoms. The number of fused-ring (bicyclic) bond motifs is 1. The zero-order valence-corrected chi connectivity index (χ0v) is 19.1. The third-order valence-corrected chi connectivity index (χ3v) is 5.90. The van der Waals surface area contributed by atoms with Gasteiger partial charge >= 0.3 is 0 Å². The van der Waals surface area contributed by atoms with Crippen molar-refractivity contribution in [3.8, 4) is 11.5 Å². The number of aryl methyl sites for hydroxylation is 2. The van der Waals surface area contributed by atoms with E-state index in [-0.39, 0.29) is 24.5 Å². The molecule has 8 nitrogen and oxygen atoms in total. The minimum absolute atomic E-state index is 0.0101. The molecule has 0 atom stereocenters. The van der Waals surface area contributed by atoms with Crippen LogP contribution in [0.25, 0.3) is 11.0 Å². The van der Waals surface area contributed by atoms with Gasteiger partial charge in [-0.1, -0.05) is 12.1 Å². The van der Waals surface area contributed by atoms with Crippen LogP contribution in [0, 0.1) is 13.8 Å². The van der Waals surface area contributed by atoms with Gasteiger partial charge in [-0.15, -0.1) is 0 Å². The van der Waals surface area contributed by atoms with Crippen molar-refractivity contribution >= 4 is 22.8 Å². The Morgan fingerprint density at radius 3 is 2.36 bits per heavy atom. The first-order valence-electron chi connectivity index (χ1n) is 11.0. The summed E-state index contributed by atoms with van der Waals surface area (Å²) in [7, 11) is 1.56. The zero-order valence-electron chi connectivity index (χ0n) is 19.1. The second-order valence-corrected chi connectivity index (χ2v) is 8.17. The first-order valence-corrected chi connectivity index (χ1v) is 11.0. The van der Waals surface area contributed by atoms with E-state index in [0.717, 1.165) is 22.4 Å². The molecule has 1 aliphatic heterocycles. The fraction of sp³-hybridized carbons (Fsp3) is 0.360. The molecule has 4 rings (SSSR count). The van der Waals surface area contributed by atoms with Gasteiger partial charge in [-0.05, 0) is 57.0 Å². The molecule has 1 N–H and O–H groups in total. The molecule has 0 spiro atoms. The van der Waals surface area contributed by atoms with Crippen molar-refractivity contribution in [2.45, 2.75) is 32.7 Å². The summed E-state index contributed by atoms with van der Waals surface area (Å²) >= 11 is 0. The number of nitrogens with one attached hydrogen (secondary N) is 1. The number of hydrogen-bond acceptors (Lipinski definition) is 6. The lowest BCUT2D eigenvalue weighted by Crippen LogP contribution is -2.47. The minimum atomic E-state index is -0.190. The molecular weight excluding hydrogens is 420 g/mol. The number of amides is 2. The smallest absolute Gasteiger partial charge is 0.258 e. The van der Waals surface area contributed by atoms with E-state index in [1.807, 2.05) is 36.9 Å². The second kappa shape index (κ2) is 9.85. The monoisotopic (exact) mass is 448 g/mol. The van der Waals surface area contributed by atoms with Gasteiger partial charge < -0.3 is 19.7 Å². The molecule has 2 aromatic carbocycles. The maximum Gasteiger partial charge on any atom is 0.258 e. The van der Waals surface area contributed by atoms with Crippen molar-refractivity contribution in [3.05, 3.63) is 59.4 Å². The number of benzene rings is 2. The number of ether oxygens (including phenoxy) is 2. The van der Waals surface area contributed by atoms with Gasteiger partial charge in [-0.25, -0.2) is 9.97 Å². The summed E-state index contributed by atoms with van der Waals surface area (Å²) in [5, 5.41) is 3.00. The Kier molecular flexibility index (Phi) is 6.72. The highest BCUT2D eigenvalue weighted by Crippen LogP contribution is 2.25. The number of methoxy groups -OCH3 is 1. The van der Waals surface area contributed by atoms with E-state index >= 15 is 0 Å². The van der Waals surface area contributed by atoms with E-state index in [1.54, 1.807) is 31.4 Å². The summed E-state index contributed by atoms with van der Waals surface area (Å²) in [6.45, 7) is 4.91. The first-order chi connectivity index (χ1) is 15.9. The molecular formula is C25H28N4O4. The number of hydrogen-bond donors (Lipinski definition) is 1. The molecule has 0 unspecified atom stereocenters. The number of carbonyl (C=O) groups excluding carboxylic acids is 2. The zero-order chi connectivity index (χ0) is 23.4. The molecule has 3 aromatic rings. The molecule has 172 valence electrons. The van der Waals surface area contributed by atoms with Gasteiger partial charge in [0.1, 0.15) is 0 Å². The van der Waals surface area contributed by atoms with Gasteiger partial charge in [0.15, 0.2) is 18.1 Å². The molecule has 0 aliphatic carbocycles. The lowest BCUT2D eigenvalue weighted by atomic mass is 10.0. The van der Waals surface area contributed by atoms with Crippen LogP contribution in [0.5, 0.6) is 11.5 Å². The fourth-order valence-electron chi connectivity index (χ4n) is 3.92. The largest absolute Gasteiger partial charge is 0.493 e. The topological polar surface area (TPSA) is 93.7 Å². The number of likely N-dealkylation sites (tertiary alicyclic amines) is 1. The van der Waals surface area contributed by atoms with E-state index in [1.165, 1.54) is 0 Å². The average Bonchev–Trinajstić information content (AvgIpc) is 2.83. The normalized spacial score (nSPS) is 14.2. The van der Waals surface area contributed by atoms with E-state index in [0.29, 0.717) is 43.0 Å². The van der Waals surface area contributed by atoms with E-state index in [2.05, 4.69) is 15.3 Å². The molecule has 33 heavy (non-hydrogen) atoms. The Labute approximate surface area is 192 Å². The molecule has 1 aliphatic rings. The van der Waals surface area contributed by atoms with Crippen molar-refractivity contribution in [2.75, 3.05) is 26.8 Å². The summed E-state index contributed by atoms with van der Waals surface area (Å²) in [6.07, 6.45) is 1.38. The number of carbonyl (C=O) groups is 2. The molecule has 1 saturated heterocycles. The molecule has 1 aromatic heterocycles. The molecule has 0 radical (unpaired) electrons. The summed E-state index contributed by atoms with van der Waals surface area (Å²) < 4.78 is 10.8. The second-order valence-electron chi connectivity index (χ2n) is 8.17. The van der Waals surface area contributed by atoms with Crippen LogP contribution in [0.4, 0.5) is 0 Å². The van der Waals surface area contributed by atoms with Crippen molar-refractivity contribution in [1.82, 2.24) is 20.2 Å². The van der Waals surface area contributed by atoms with Crippen LogP contribution in [0.15, 0.2) is 42.5 Å². The Morgan fingerprint density at radius 1 is 1.00 bits per heavy atom. The number of piperidine rings is 1.